The van der Waals surface area contributed by atoms with Crippen LogP contribution < -0.4 is 10.6 Å². The van der Waals surface area contributed by atoms with Crippen LogP contribution in [-0.2, 0) is 14.8 Å². The lowest BCUT2D eigenvalue weighted by atomic mass is 10.0. The van der Waals surface area contributed by atoms with E-state index in [0.29, 0.717) is 18.8 Å². The summed E-state index contributed by atoms with van der Waals surface area (Å²) in [5, 5.41) is 5.38. The van der Waals surface area contributed by atoms with Gasteiger partial charge in [-0.3, -0.25) is 9.59 Å². The van der Waals surface area contributed by atoms with Crippen LogP contribution in [0.1, 0.15) is 37.0 Å². The molecule has 0 radical (unpaired) electrons. The zero-order valence-electron chi connectivity index (χ0n) is 17.5. The number of benzene rings is 2. The third-order valence-electron chi connectivity index (χ3n) is 5.17. The van der Waals surface area contributed by atoms with Gasteiger partial charge in [-0.05, 0) is 67.3 Å². The zero-order valence-corrected chi connectivity index (χ0v) is 18.3. The molecule has 166 valence electrons. The lowest BCUT2D eigenvalue weighted by molar-refractivity contribution is -0.118. The molecule has 9 heteroatoms. The van der Waals surface area contributed by atoms with Crippen LogP contribution in [0.15, 0.2) is 53.4 Å². The van der Waals surface area contributed by atoms with Crippen LogP contribution in [0.2, 0.25) is 0 Å². The molecule has 2 N–H and O–H groups in total. The number of carbonyl (C=O) groups is 2. The Morgan fingerprint density at radius 3 is 2.10 bits per heavy atom. The molecule has 1 unspecified atom stereocenters. The van der Waals surface area contributed by atoms with Gasteiger partial charge < -0.3 is 10.6 Å². The first-order valence-corrected chi connectivity index (χ1v) is 11.6. The number of carbonyl (C=O) groups excluding carboxylic acids is 2. The number of hydrogen-bond acceptors (Lipinski definition) is 4. The molecule has 1 aliphatic rings. The van der Waals surface area contributed by atoms with E-state index in [9.17, 15) is 22.4 Å². The number of hydrogen-bond donors (Lipinski definition) is 2. The highest BCUT2D eigenvalue weighted by Crippen LogP contribution is 2.22. The van der Waals surface area contributed by atoms with Gasteiger partial charge in [-0.1, -0.05) is 13.8 Å². The third-order valence-corrected chi connectivity index (χ3v) is 7.08. The lowest BCUT2D eigenvalue weighted by Crippen LogP contribution is -2.47. The van der Waals surface area contributed by atoms with Gasteiger partial charge in [0.15, 0.2) is 0 Å². The van der Waals surface area contributed by atoms with Crippen LogP contribution in [0.3, 0.4) is 0 Å². The van der Waals surface area contributed by atoms with Crippen molar-refractivity contribution in [3.8, 4) is 0 Å². The molecule has 2 aromatic carbocycles. The van der Waals surface area contributed by atoms with Crippen LogP contribution in [0.25, 0.3) is 0 Å². The molecule has 0 aromatic heterocycles. The maximum Gasteiger partial charge on any atom is 0.251 e. The van der Waals surface area contributed by atoms with Gasteiger partial charge in [0.2, 0.25) is 15.9 Å². The van der Waals surface area contributed by atoms with Crippen molar-refractivity contribution in [2.75, 3.05) is 18.4 Å². The predicted octanol–water partition coefficient (Wildman–Crippen LogP) is 3.00. The van der Waals surface area contributed by atoms with E-state index in [1.165, 1.54) is 52.8 Å². The van der Waals surface area contributed by atoms with Crippen molar-refractivity contribution < 1.29 is 22.4 Å². The first-order chi connectivity index (χ1) is 14.7. The molecular weight excluding hydrogens is 421 g/mol. The molecule has 1 saturated heterocycles. The third kappa shape index (κ3) is 5.48. The van der Waals surface area contributed by atoms with Crippen molar-refractivity contribution in [2.45, 2.75) is 37.6 Å². The van der Waals surface area contributed by atoms with Gasteiger partial charge in [0.25, 0.3) is 5.91 Å². The maximum absolute atomic E-state index is 13.1. The largest absolute Gasteiger partial charge is 0.340 e. The quantitative estimate of drug-likeness (QED) is 0.682. The van der Waals surface area contributed by atoms with Gasteiger partial charge in [-0.25, -0.2) is 12.8 Å². The standard InChI is InChI=1S/C22H26FN3O4S/c1-15(2)20(25-21(27)16-5-7-17(23)8-6-16)22(28)24-18-9-11-19(12-10-18)31(29,30)26-13-3-4-14-26/h5-12,15,20H,3-4,13-14H2,1-2H3,(H,24,28)(H,25,27). The molecule has 0 spiro atoms. The van der Waals surface area contributed by atoms with Crippen LogP contribution in [0.4, 0.5) is 10.1 Å². The van der Waals surface area contributed by atoms with E-state index in [1.54, 1.807) is 13.8 Å². The Labute approximate surface area is 181 Å². The zero-order chi connectivity index (χ0) is 22.6. The Bertz CT molecular complexity index is 1030. The monoisotopic (exact) mass is 447 g/mol. The maximum atomic E-state index is 13.1. The average Bonchev–Trinajstić information content (AvgIpc) is 3.28. The van der Waals surface area contributed by atoms with Crippen LogP contribution in [0.5, 0.6) is 0 Å². The minimum Gasteiger partial charge on any atom is -0.340 e. The fourth-order valence-electron chi connectivity index (χ4n) is 3.37. The summed E-state index contributed by atoms with van der Waals surface area (Å²) in [5.74, 6) is -1.58. The Morgan fingerprint density at radius 2 is 1.55 bits per heavy atom. The second-order valence-electron chi connectivity index (χ2n) is 7.83. The van der Waals surface area contributed by atoms with Crippen LogP contribution in [0, 0.1) is 11.7 Å². The van der Waals surface area contributed by atoms with Crippen molar-refractivity contribution in [3.05, 3.63) is 59.9 Å². The molecule has 31 heavy (non-hydrogen) atoms. The number of nitrogens with one attached hydrogen (secondary N) is 2. The van der Waals surface area contributed by atoms with Crippen molar-refractivity contribution in [2.24, 2.45) is 5.92 Å². The molecule has 3 rings (SSSR count). The highest BCUT2D eigenvalue weighted by molar-refractivity contribution is 7.89. The van der Waals surface area contributed by atoms with E-state index < -0.39 is 33.7 Å². The van der Waals surface area contributed by atoms with E-state index in [-0.39, 0.29) is 16.4 Å². The predicted molar refractivity (Wildman–Crippen MR) is 116 cm³/mol. The number of amides is 2. The molecule has 2 aromatic rings. The highest BCUT2D eigenvalue weighted by Gasteiger charge is 2.28. The Hall–Kier alpha value is -2.78. The SMILES string of the molecule is CC(C)C(NC(=O)c1ccc(F)cc1)C(=O)Nc1ccc(S(=O)(=O)N2CCCC2)cc1. The molecule has 1 atom stereocenters. The number of nitrogens with zero attached hydrogens (tertiary/aromatic N) is 1. The van der Waals surface area contributed by atoms with Gasteiger partial charge in [0, 0.05) is 24.3 Å². The van der Waals surface area contributed by atoms with E-state index in [0.717, 1.165) is 12.8 Å². The molecule has 0 aliphatic carbocycles. The normalized spacial score (nSPS) is 15.6. The van der Waals surface area contributed by atoms with Crippen molar-refractivity contribution in [1.29, 1.82) is 0 Å². The number of sulfonamides is 1. The first-order valence-electron chi connectivity index (χ1n) is 10.2. The summed E-state index contributed by atoms with van der Waals surface area (Å²) in [5.41, 5.74) is 0.670. The molecule has 0 saturated carbocycles. The molecule has 1 aliphatic heterocycles. The van der Waals surface area contributed by atoms with Gasteiger partial charge in [-0.2, -0.15) is 4.31 Å². The summed E-state index contributed by atoms with van der Waals surface area (Å²) in [7, 11) is -3.53. The van der Waals surface area contributed by atoms with Crippen molar-refractivity contribution in [1.82, 2.24) is 9.62 Å². The number of halogens is 1. The minimum absolute atomic E-state index is 0.178. The Morgan fingerprint density at radius 1 is 0.968 bits per heavy atom. The topological polar surface area (TPSA) is 95.6 Å². The summed E-state index contributed by atoms with van der Waals surface area (Å²) in [6, 6.07) is 10.2. The number of anilines is 1. The first kappa shape index (κ1) is 22.9. The number of rotatable bonds is 7. The van der Waals surface area contributed by atoms with Crippen molar-refractivity contribution >= 4 is 27.5 Å². The second kappa shape index (κ2) is 9.57. The minimum atomic E-state index is -3.53. The Balaban J connectivity index is 1.67. The summed E-state index contributed by atoms with van der Waals surface area (Å²) in [6.45, 7) is 4.62. The lowest BCUT2D eigenvalue weighted by Gasteiger charge is -2.22. The molecule has 7 nitrogen and oxygen atoms in total. The van der Waals surface area contributed by atoms with E-state index in [1.807, 2.05) is 0 Å². The smallest absolute Gasteiger partial charge is 0.251 e. The van der Waals surface area contributed by atoms with Gasteiger partial charge >= 0.3 is 0 Å². The molecule has 1 heterocycles. The summed E-state index contributed by atoms with van der Waals surface area (Å²) < 4.78 is 39.7. The van der Waals surface area contributed by atoms with E-state index in [2.05, 4.69) is 10.6 Å². The van der Waals surface area contributed by atoms with Crippen molar-refractivity contribution in [3.63, 3.8) is 0 Å². The molecule has 1 fully saturated rings. The fourth-order valence-corrected chi connectivity index (χ4v) is 4.89. The highest BCUT2D eigenvalue weighted by atomic mass is 32.2. The fraction of sp³-hybridized carbons (Fsp3) is 0.364. The average molecular weight is 448 g/mol. The van der Waals surface area contributed by atoms with Gasteiger partial charge in [0.1, 0.15) is 11.9 Å². The van der Waals surface area contributed by atoms with E-state index >= 15 is 0 Å². The Kier molecular flexibility index (Phi) is 7.07. The second-order valence-corrected chi connectivity index (χ2v) is 9.76. The van der Waals surface area contributed by atoms with Crippen LogP contribution >= 0.6 is 0 Å². The molecule has 0 bridgehead atoms. The van der Waals surface area contributed by atoms with Crippen LogP contribution in [-0.4, -0.2) is 43.7 Å². The molecular formula is C22H26FN3O4S. The summed E-state index contributed by atoms with van der Waals surface area (Å²) in [6.07, 6.45) is 1.71. The molecule has 2 amide bonds. The van der Waals surface area contributed by atoms with Gasteiger partial charge in [-0.15, -0.1) is 0 Å². The van der Waals surface area contributed by atoms with Gasteiger partial charge in [0.05, 0.1) is 4.90 Å². The summed E-state index contributed by atoms with van der Waals surface area (Å²) in [4.78, 5) is 25.4. The van der Waals surface area contributed by atoms with E-state index in [4.69, 9.17) is 0 Å². The summed E-state index contributed by atoms with van der Waals surface area (Å²) >= 11 is 0.